The second-order valence-corrected chi connectivity index (χ2v) is 6.98. The van der Waals surface area contributed by atoms with Crippen LogP contribution in [-0.4, -0.2) is 23.1 Å². The highest BCUT2D eigenvalue weighted by Crippen LogP contribution is 2.29. The zero-order valence-electron chi connectivity index (χ0n) is 15.2. The summed E-state index contributed by atoms with van der Waals surface area (Å²) in [7, 11) is 0. The molecule has 0 fully saturated rings. The highest BCUT2D eigenvalue weighted by atomic mass is 32.2. The van der Waals surface area contributed by atoms with Crippen LogP contribution in [0.15, 0.2) is 64.7 Å². The zero-order chi connectivity index (χ0) is 20.3. The van der Waals surface area contributed by atoms with E-state index >= 15 is 0 Å². The number of non-ortho nitro benzene ring substituents is 1. The Balaban J connectivity index is 1.88. The van der Waals surface area contributed by atoms with Gasteiger partial charge in [-0.15, -0.1) is 11.8 Å². The molecule has 2 aromatic carbocycles. The molecular formula is C19H18N4O4S. The maximum Gasteiger partial charge on any atom is 0.319 e. The topological polar surface area (TPSA) is 113 Å². The number of nitrogens with one attached hydrogen (secondary N) is 3. The first-order chi connectivity index (χ1) is 13.4. The maximum absolute atomic E-state index is 12.9. The Hall–Kier alpha value is -3.33. The van der Waals surface area contributed by atoms with E-state index in [9.17, 15) is 19.7 Å². The van der Waals surface area contributed by atoms with Gasteiger partial charge in [0.2, 0.25) is 0 Å². The molecule has 0 saturated carbocycles. The van der Waals surface area contributed by atoms with Gasteiger partial charge in [-0.2, -0.15) is 0 Å². The van der Waals surface area contributed by atoms with Crippen molar-refractivity contribution in [2.75, 3.05) is 11.6 Å². The number of benzene rings is 2. The molecule has 9 heteroatoms. The third-order valence-electron chi connectivity index (χ3n) is 4.30. The van der Waals surface area contributed by atoms with Crippen LogP contribution in [0, 0.1) is 10.1 Å². The molecule has 1 heterocycles. The minimum Gasteiger partial charge on any atom is -0.327 e. The first-order valence-corrected chi connectivity index (χ1v) is 9.59. The molecule has 144 valence electrons. The van der Waals surface area contributed by atoms with Crippen LogP contribution >= 0.6 is 11.8 Å². The van der Waals surface area contributed by atoms with Gasteiger partial charge in [-0.25, -0.2) is 4.79 Å². The number of hydrogen-bond acceptors (Lipinski definition) is 5. The van der Waals surface area contributed by atoms with Gasteiger partial charge in [-0.1, -0.05) is 12.1 Å². The molecule has 1 aliphatic rings. The summed E-state index contributed by atoms with van der Waals surface area (Å²) in [5, 5.41) is 18.9. The maximum atomic E-state index is 12.9. The number of urea groups is 1. The number of nitro groups is 1. The lowest BCUT2D eigenvalue weighted by Crippen LogP contribution is -2.45. The van der Waals surface area contributed by atoms with E-state index in [1.54, 1.807) is 18.7 Å². The summed E-state index contributed by atoms with van der Waals surface area (Å²) in [6.07, 6.45) is 1.97. The van der Waals surface area contributed by atoms with E-state index in [2.05, 4.69) is 16.0 Å². The third-order valence-corrected chi connectivity index (χ3v) is 5.04. The van der Waals surface area contributed by atoms with Crippen molar-refractivity contribution in [2.24, 2.45) is 0 Å². The fourth-order valence-electron chi connectivity index (χ4n) is 2.91. The number of hydrogen-bond donors (Lipinski definition) is 3. The molecule has 0 spiro atoms. The van der Waals surface area contributed by atoms with Crippen LogP contribution in [-0.2, 0) is 4.79 Å². The second kappa shape index (κ2) is 8.13. The smallest absolute Gasteiger partial charge is 0.319 e. The van der Waals surface area contributed by atoms with Crippen molar-refractivity contribution in [3.8, 4) is 0 Å². The van der Waals surface area contributed by atoms with Crippen molar-refractivity contribution in [1.82, 2.24) is 10.6 Å². The van der Waals surface area contributed by atoms with E-state index in [-0.39, 0.29) is 11.7 Å². The average Bonchev–Trinajstić information content (AvgIpc) is 2.67. The monoisotopic (exact) mass is 398 g/mol. The summed E-state index contributed by atoms with van der Waals surface area (Å²) >= 11 is 1.60. The molecule has 1 atom stereocenters. The van der Waals surface area contributed by atoms with Crippen molar-refractivity contribution in [3.05, 3.63) is 75.5 Å². The zero-order valence-corrected chi connectivity index (χ0v) is 16.0. The molecule has 0 aromatic heterocycles. The predicted octanol–water partition coefficient (Wildman–Crippen LogP) is 3.58. The molecule has 3 rings (SSSR count). The summed E-state index contributed by atoms with van der Waals surface area (Å²) in [5.74, 6) is -0.405. The average molecular weight is 398 g/mol. The van der Waals surface area contributed by atoms with Gasteiger partial charge in [0.25, 0.3) is 11.6 Å². The molecule has 0 aliphatic carbocycles. The van der Waals surface area contributed by atoms with Gasteiger partial charge >= 0.3 is 6.03 Å². The van der Waals surface area contributed by atoms with E-state index < -0.39 is 16.9 Å². The molecule has 0 bridgehead atoms. The Kier molecular flexibility index (Phi) is 5.65. The number of nitrogens with zero attached hydrogens (tertiary/aromatic N) is 1. The third kappa shape index (κ3) is 4.15. The van der Waals surface area contributed by atoms with E-state index in [4.69, 9.17) is 0 Å². The van der Waals surface area contributed by atoms with Crippen LogP contribution in [0.3, 0.4) is 0 Å². The molecule has 2 aromatic rings. The van der Waals surface area contributed by atoms with Crippen LogP contribution in [0.5, 0.6) is 0 Å². The van der Waals surface area contributed by atoms with Crippen LogP contribution < -0.4 is 16.0 Å². The normalized spacial score (nSPS) is 16.2. The van der Waals surface area contributed by atoms with Crippen molar-refractivity contribution in [3.63, 3.8) is 0 Å². The molecule has 0 radical (unpaired) electrons. The molecule has 28 heavy (non-hydrogen) atoms. The summed E-state index contributed by atoms with van der Waals surface area (Å²) in [5.41, 5.74) is 1.95. The van der Waals surface area contributed by atoms with Crippen LogP contribution in [0.4, 0.5) is 16.2 Å². The van der Waals surface area contributed by atoms with Gasteiger partial charge in [0.05, 0.1) is 16.5 Å². The van der Waals surface area contributed by atoms with Crippen molar-refractivity contribution >= 4 is 35.1 Å². The Morgan fingerprint density at radius 1 is 1.14 bits per heavy atom. The number of anilines is 1. The number of allylic oxidation sites excluding steroid dienone is 1. The molecule has 1 aliphatic heterocycles. The number of carbonyl (C=O) groups excluding carboxylic acids is 2. The Morgan fingerprint density at radius 2 is 1.79 bits per heavy atom. The first-order valence-electron chi connectivity index (χ1n) is 8.37. The number of rotatable bonds is 5. The largest absolute Gasteiger partial charge is 0.327 e. The summed E-state index contributed by atoms with van der Waals surface area (Å²) in [6.45, 7) is 1.66. The molecule has 3 amide bonds. The van der Waals surface area contributed by atoms with Crippen molar-refractivity contribution < 1.29 is 14.5 Å². The standard InChI is InChI=1S/C19H18N4O4S/c1-11-16(18(24)21-13-5-7-14(8-6-13)23(26)27)17(22-19(25)20-11)12-3-9-15(28-2)10-4-12/h3-10,17H,1-2H3,(H,21,24)(H2,20,22,25)/t17-/m0/s1. The van der Waals surface area contributed by atoms with Gasteiger partial charge < -0.3 is 16.0 Å². The van der Waals surface area contributed by atoms with Gasteiger partial charge in [0, 0.05) is 28.4 Å². The van der Waals surface area contributed by atoms with Crippen LogP contribution in [0.1, 0.15) is 18.5 Å². The van der Waals surface area contributed by atoms with E-state index in [0.717, 1.165) is 10.5 Å². The van der Waals surface area contributed by atoms with E-state index in [0.29, 0.717) is 17.0 Å². The Labute approximate surface area is 165 Å². The van der Waals surface area contributed by atoms with E-state index in [1.807, 2.05) is 30.5 Å². The van der Waals surface area contributed by atoms with Gasteiger partial charge in [-0.05, 0) is 43.0 Å². The highest BCUT2D eigenvalue weighted by molar-refractivity contribution is 7.98. The number of nitro benzene ring substituents is 1. The lowest BCUT2D eigenvalue weighted by atomic mass is 9.95. The molecule has 8 nitrogen and oxygen atoms in total. The fraction of sp³-hybridized carbons (Fsp3) is 0.158. The number of amides is 3. The van der Waals surface area contributed by atoms with Gasteiger partial charge in [-0.3, -0.25) is 14.9 Å². The molecular weight excluding hydrogens is 380 g/mol. The highest BCUT2D eigenvalue weighted by Gasteiger charge is 2.31. The van der Waals surface area contributed by atoms with Gasteiger partial charge in [0.15, 0.2) is 0 Å². The lowest BCUT2D eigenvalue weighted by Gasteiger charge is -2.28. The predicted molar refractivity (Wildman–Crippen MR) is 107 cm³/mol. The molecule has 0 unspecified atom stereocenters. The summed E-state index contributed by atoms with van der Waals surface area (Å²) in [4.78, 5) is 36.2. The fourth-order valence-corrected chi connectivity index (χ4v) is 3.31. The minimum absolute atomic E-state index is 0.0632. The molecule has 0 saturated heterocycles. The van der Waals surface area contributed by atoms with Crippen molar-refractivity contribution in [2.45, 2.75) is 17.9 Å². The summed E-state index contributed by atoms with van der Waals surface area (Å²) < 4.78 is 0. The van der Waals surface area contributed by atoms with Crippen LogP contribution in [0.2, 0.25) is 0 Å². The Bertz CT molecular complexity index is 955. The quantitative estimate of drug-likeness (QED) is 0.405. The first kappa shape index (κ1) is 19.4. The van der Waals surface area contributed by atoms with Crippen molar-refractivity contribution in [1.29, 1.82) is 0 Å². The van der Waals surface area contributed by atoms with E-state index in [1.165, 1.54) is 24.3 Å². The SMILES string of the molecule is CSc1ccc([C@@H]2NC(=O)NC(C)=C2C(=O)Nc2ccc([N+](=O)[O-])cc2)cc1. The van der Waals surface area contributed by atoms with Gasteiger partial charge in [0.1, 0.15) is 0 Å². The minimum atomic E-state index is -0.609. The van der Waals surface area contributed by atoms with Crippen LogP contribution in [0.25, 0.3) is 0 Å². The number of carbonyl (C=O) groups is 2. The number of thioether (sulfide) groups is 1. The Morgan fingerprint density at radius 3 is 2.36 bits per heavy atom. The molecule has 3 N–H and O–H groups in total. The second-order valence-electron chi connectivity index (χ2n) is 6.10. The lowest BCUT2D eigenvalue weighted by molar-refractivity contribution is -0.384. The summed E-state index contributed by atoms with van der Waals surface area (Å²) in [6, 6.07) is 12.2.